The smallest absolute Gasteiger partial charge is 0.409 e. The van der Waals surface area contributed by atoms with E-state index in [9.17, 15) is 4.57 Å². The molecule has 0 aromatic carbocycles. The largest absolute Gasteiger partial charge is 0.524 e. The maximum Gasteiger partial charge on any atom is 0.524 e. The van der Waals surface area contributed by atoms with Crippen LogP contribution in [0.5, 0.6) is 0 Å². The molecule has 3 aliphatic rings. The van der Waals surface area contributed by atoms with E-state index in [-0.39, 0.29) is 0 Å². The van der Waals surface area contributed by atoms with Crippen LogP contribution in [0.25, 0.3) is 0 Å². The standard InChI is InChI=1S/C27H43O4P/c1-19(2)8-6-9-21(4)25-15-16-26-22(10-7-17-27(25,26)5)12-13-23-18-24(14-11-20(23)3)31-32(28,29)30/h12-14,19,21,25-26H,3,6-11,15-18H2,1-2,4-5H3,(H2,28,29,30)/b22-12+,23-13-/t21-,25-,26?,27?/m1/s1. The van der Waals surface area contributed by atoms with E-state index in [1.165, 1.54) is 44.9 Å². The second-order valence-corrected chi connectivity index (χ2v) is 12.2. The highest BCUT2D eigenvalue weighted by Gasteiger charge is 2.50. The van der Waals surface area contributed by atoms with Crippen molar-refractivity contribution in [3.05, 3.63) is 47.3 Å². The Balaban J connectivity index is 1.71. The molecule has 5 heteroatoms. The fraction of sp³-hybridized carbons (Fsp3) is 0.704. The summed E-state index contributed by atoms with van der Waals surface area (Å²) in [6.45, 7) is 13.8. The Kier molecular flexibility index (Phi) is 8.34. The molecule has 2 N–H and O–H groups in total. The number of rotatable bonds is 8. The minimum absolute atomic E-state index is 0.347. The molecule has 32 heavy (non-hydrogen) atoms. The highest BCUT2D eigenvalue weighted by Crippen LogP contribution is 2.60. The van der Waals surface area contributed by atoms with Crippen LogP contribution >= 0.6 is 7.82 Å². The van der Waals surface area contributed by atoms with Crippen molar-refractivity contribution in [2.45, 2.75) is 91.9 Å². The van der Waals surface area contributed by atoms with Crippen molar-refractivity contribution in [2.75, 3.05) is 0 Å². The molecule has 4 nitrogen and oxygen atoms in total. The molecule has 4 atom stereocenters. The van der Waals surface area contributed by atoms with E-state index >= 15 is 0 Å². The third-order valence-electron chi connectivity index (χ3n) is 8.30. The van der Waals surface area contributed by atoms with Crippen LogP contribution in [0.4, 0.5) is 0 Å². The Morgan fingerprint density at radius 2 is 2.00 bits per heavy atom. The molecule has 0 amide bonds. The molecule has 0 heterocycles. The lowest BCUT2D eigenvalue weighted by Crippen LogP contribution is -2.36. The van der Waals surface area contributed by atoms with Crippen LogP contribution in [-0.2, 0) is 9.09 Å². The summed E-state index contributed by atoms with van der Waals surface area (Å²) >= 11 is 0. The van der Waals surface area contributed by atoms with Crippen LogP contribution in [0.15, 0.2) is 47.3 Å². The fourth-order valence-electron chi connectivity index (χ4n) is 6.62. The van der Waals surface area contributed by atoms with Gasteiger partial charge in [-0.15, -0.1) is 0 Å². The number of fused-ring (bicyclic) bond motifs is 1. The van der Waals surface area contributed by atoms with Crippen molar-refractivity contribution in [1.82, 2.24) is 0 Å². The van der Waals surface area contributed by atoms with Crippen molar-refractivity contribution >= 4 is 7.82 Å². The highest BCUT2D eigenvalue weighted by atomic mass is 31.2. The number of allylic oxidation sites excluding steroid dienone is 6. The lowest BCUT2D eigenvalue weighted by molar-refractivity contribution is 0.0929. The van der Waals surface area contributed by atoms with E-state index in [0.717, 1.165) is 35.3 Å². The van der Waals surface area contributed by atoms with Crippen LogP contribution < -0.4 is 0 Å². The molecule has 0 saturated heterocycles. The first-order valence-corrected chi connectivity index (χ1v) is 14.0. The van der Waals surface area contributed by atoms with Gasteiger partial charge in [-0.1, -0.05) is 71.3 Å². The number of phosphoric acid groups is 1. The molecule has 0 bridgehead atoms. The first-order chi connectivity index (χ1) is 15.0. The van der Waals surface area contributed by atoms with Gasteiger partial charge in [0.15, 0.2) is 0 Å². The molecule has 0 aromatic rings. The molecule has 0 aliphatic heterocycles. The van der Waals surface area contributed by atoms with Crippen molar-refractivity contribution in [2.24, 2.45) is 29.1 Å². The predicted octanol–water partition coefficient (Wildman–Crippen LogP) is 7.86. The van der Waals surface area contributed by atoms with Gasteiger partial charge in [-0.3, -0.25) is 9.79 Å². The summed E-state index contributed by atoms with van der Waals surface area (Å²) in [6, 6.07) is 0. The molecule has 3 rings (SSSR count). The van der Waals surface area contributed by atoms with Crippen LogP contribution in [-0.4, -0.2) is 9.79 Å². The average molecular weight is 463 g/mol. The Labute approximate surface area is 195 Å². The van der Waals surface area contributed by atoms with E-state index < -0.39 is 7.82 Å². The van der Waals surface area contributed by atoms with Gasteiger partial charge in [0.1, 0.15) is 5.76 Å². The zero-order chi connectivity index (χ0) is 23.5. The Morgan fingerprint density at radius 1 is 1.25 bits per heavy atom. The minimum Gasteiger partial charge on any atom is -0.409 e. The van der Waals surface area contributed by atoms with Gasteiger partial charge in [0.2, 0.25) is 0 Å². The number of hydrogen-bond donors (Lipinski definition) is 2. The molecule has 3 aliphatic carbocycles. The van der Waals surface area contributed by atoms with Gasteiger partial charge < -0.3 is 4.52 Å². The number of phosphoric ester groups is 1. The topological polar surface area (TPSA) is 66.8 Å². The Hall–Kier alpha value is -1.09. The van der Waals surface area contributed by atoms with Crippen LogP contribution in [0.1, 0.15) is 91.9 Å². The van der Waals surface area contributed by atoms with E-state index in [1.807, 2.05) is 0 Å². The van der Waals surface area contributed by atoms with Gasteiger partial charge in [0, 0.05) is 6.42 Å². The quantitative estimate of drug-likeness (QED) is 0.360. The van der Waals surface area contributed by atoms with Gasteiger partial charge in [-0.05, 0) is 84.8 Å². The SMILES string of the molecule is C=C1CC=C(OP(=O)(O)O)C/C1=C/C=C1\CCCC2(C)C1CC[C@@H]2[C@H](C)CCCC(C)C. The van der Waals surface area contributed by atoms with E-state index in [2.05, 4.69) is 46.4 Å². The molecular weight excluding hydrogens is 419 g/mol. The summed E-state index contributed by atoms with van der Waals surface area (Å²) in [7, 11) is -4.52. The summed E-state index contributed by atoms with van der Waals surface area (Å²) in [5.41, 5.74) is 3.98. The first kappa shape index (κ1) is 25.5. The van der Waals surface area contributed by atoms with Crippen molar-refractivity contribution in [3.8, 4) is 0 Å². The van der Waals surface area contributed by atoms with Gasteiger partial charge in [0.05, 0.1) is 0 Å². The summed E-state index contributed by atoms with van der Waals surface area (Å²) in [4.78, 5) is 18.3. The molecular formula is C27H43O4P. The third-order valence-corrected chi connectivity index (χ3v) is 8.77. The fourth-order valence-corrected chi connectivity index (χ4v) is 7.07. The zero-order valence-corrected chi connectivity index (χ0v) is 21.4. The van der Waals surface area contributed by atoms with Crippen LogP contribution in [0.2, 0.25) is 0 Å². The van der Waals surface area contributed by atoms with Crippen LogP contribution in [0, 0.1) is 29.1 Å². The van der Waals surface area contributed by atoms with Gasteiger partial charge in [-0.2, -0.15) is 0 Å². The average Bonchev–Trinajstić information content (AvgIpc) is 3.04. The second kappa shape index (κ2) is 10.5. The maximum absolute atomic E-state index is 11.2. The van der Waals surface area contributed by atoms with E-state index in [4.69, 9.17) is 14.3 Å². The third kappa shape index (κ3) is 6.27. The molecule has 2 saturated carbocycles. The molecule has 0 radical (unpaired) electrons. The normalized spacial score (nSPS) is 32.3. The maximum atomic E-state index is 11.2. The van der Waals surface area contributed by atoms with Gasteiger partial charge >= 0.3 is 7.82 Å². The predicted molar refractivity (Wildman–Crippen MR) is 132 cm³/mol. The second-order valence-electron chi connectivity index (χ2n) is 11.1. The summed E-state index contributed by atoms with van der Waals surface area (Å²) in [5.74, 6) is 3.40. The molecule has 2 fully saturated rings. The number of hydrogen-bond acceptors (Lipinski definition) is 2. The lowest BCUT2D eigenvalue weighted by atomic mass is 9.60. The minimum atomic E-state index is -4.52. The zero-order valence-electron chi connectivity index (χ0n) is 20.5. The van der Waals surface area contributed by atoms with Crippen LogP contribution in [0.3, 0.4) is 0 Å². The molecule has 0 spiro atoms. The van der Waals surface area contributed by atoms with Crippen molar-refractivity contribution in [1.29, 1.82) is 0 Å². The van der Waals surface area contributed by atoms with Gasteiger partial charge in [-0.25, -0.2) is 4.57 Å². The molecule has 180 valence electrons. The van der Waals surface area contributed by atoms with E-state index in [1.54, 1.807) is 11.6 Å². The summed E-state index contributed by atoms with van der Waals surface area (Å²) < 4.78 is 16.1. The van der Waals surface area contributed by atoms with Crippen molar-refractivity contribution < 1.29 is 18.9 Å². The summed E-state index contributed by atoms with van der Waals surface area (Å²) in [6.07, 6.45) is 17.5. The Bertz CT molecular complexity index is 831. The lowest BCUT2D eigenvalue weighted by Gasteiger charge is -2.44. The van der Waals surface area contributed by atoms with E-state index in [0.29, 0.717) is 29.9 Å². The molecule has 2 unspecified atom stereocenters. The van der Waals surface area contributed by atoms with Crippen molar-refractivity contribution in [3.63, 3.8) is 0 Å². The van der Waals surface area contributed by atoms with Gasteiger partial charge in [0.25, 0.3) is 0 Å². The first-order valence-electron chi connectivity index (χ1n) is 12.5. The monoisotopic (exact) mass is 462 g/mol. The summed E-state index contributed by atoms with van der Waals surface area (Å²) in [5, 5.41) is 0. The Morgan fingerprint density at radius 3 is 2.69 bits per heavy atom. The highest BCUT2D eigenvalue weighted by molar-refractivity contribution is 7.46. The molecule has 0 aromatic heterocycles.